The van der Waals surface area contributed by atoms with Crippen molar-refractivity contribution in [2.45, 2.75) is 19.5 Å². The van der Waals surface area contributed by atoms with Crippen molar-refractivity contribution < 1.29 is 8.91 Å². The van der Waals surface area contributed by atoms with Gasteiger partial charge in [0.15, 0.2) is 0 Å². The summed E-state index contributed by atoms with van der Waals surface area (Å²) < 4.78 is 19.4. The molecule has 0 atom stereocenters. The Labute approximate surface area is 131 Å². The Hall–Kier alpha value is -2.05. The molecular formula is C16H14FN3OS. The van der Waals surface area contributed by atoms with Crippen LogP contribution in [0.2, 0.25) is 0 Å². The van der Waals surface area contributed by atoms with Crippen LogP contribution in [0.5, 0.6) is 0 Å². The van der Waals surface area contributed by atoms with E-state index in [1.54, 1.807) is 23.5 Å². The summed E-state index contributed by atoms with van der Waals surface area (Å²) in [6.07, 6.45) is 2.61. The first kappa shape index (κ1) is 13.6. The zero-order chi connectivity index (χ0) is 14.9. The molecule has 1 aliphatic heterocycles. The maximum absolute atomic E-state index is 14.0. The van der Waals surface area contributed by atoms with Crippen molar-refractivity contribution in [3.05, 3.63) is 58.0 Å². The van der Waals surface area contributed by atoms with Gasteiger partial charge < -0.3 is 4.52 Å². The number of thiazole rings is 1. The zero-order valence-electron chi connectivity index (χ0n) is 11.8. The van der Waals surface area contributed by atoms with Gasteiger partial charge >= 0.3 is 0 Å². The van der Waals surface area contributed by atoms with E-state index in [0.29, 0.717) is 17.8 Å². The van der Waals surface area contributed by atoms with Crippen LogP contribution in [0.3, 0.4) is 0 Å². The number of aromatic nitrogens is 2. The molecule has 0 aliphatic carbocycles. The second-order valence-corrected chi connectivity index (χ2v) is 6.28. The highest BCUT2D eigenvalue weighted by Gasteiger charge is 2.26. The number of hydrogen-bond acceptors (Lipinski definition) is 5. The molecule has 112 valence electrons. The predicted octanol–water partition coefficient (Wildman–Crippen LogP) is 3.50. The molecule has 0 unspecified atom stereocenters. The molecule has 6 heteroatoms. The van der Waals surface area contributed by atoms with Crippen LogP contribution < -0.4 is 0 Å². The van der Waals surface area contributed by atoms with Gasteiger partial charge in [-0.05, 0) is 12.1 Å². The Morgan fingerprint density at radius 3 is 3.05 bits per heavy atom. The minimum atomic E-state index is -0.268. The van der Waals surface area contributed by atoms with E-state index < -0.39 is 0 Å². The largest absolute Gasteiger partial charge is 0.360 e. The fourth-order valence-electron chi connectivity index (χ4n) is 2.79. The lowest BCUT2D eigenvalue weighted by atomic mass is 10.0. The second kappa shape index (κ2) is 5.62. The van der Waals surface area contributed by atoms with Gasteiger partial charge in [-0.15, -0.1) is 11.3 Å². The molecule has 1 aliphatic rings. The predicted molar refractivity (Wildman–Crippen MR) is 81.8 cm³/mol. The highest BCUT2D eigenvalue weighted by atomic mass is 32.1. The lowest BCUT2D eigenvalue weighted by Gasteiger charge is -2.25. The highest BCUT2D eigenvalue weighted by molar-refractivity contribution is 7.09. The summed E-state index contributed by atoms with van der Waals surface area (Å²) in [7, 11) is 0. The Morgan fingerprint density at radius 2 is 2.23 bits per heavy atom. The van der Waals surface area contributed by atoms with E-state index >= 15 is 0 Å². The number of halogens is 1. The number of fused-ring (bicyclic) bond motifs is 1. The Morgan fingerprint density at radius 1 is 1.32 bits per heavy atom. The quantitative estimate of drug-likeness (QED) is 0.742. The van der Waals surface area contributed by atoms with E-state index in [0.717, 1.165) is 35.8 Å². The van der Waals surface area contributed by atoms with Gasteiger partial charge in [-0.3, -0.25) is 4.90 Å². The van der Waals surface area contributed by atoms with Gasteiger partial charge in [0, 0.05) is 42.2 Å². The summed E-state index contributed by atoms with van der Waals surface area (Å²) in [6, 6.07) is 6.69. The Balaban J connectivity index is 1.64. The zero-order valence-corrected chi connectivity index (χ0v) is 12.6. The lowest BCUT2D eigenvalue weighted by Crippen LogP contribution is -2.29. The van der Waals surface area contributed by atoms with Gasteiger partial charge in [-0.2, -0.15) is 0 Å². The molecule has 22 heavy (non-hydrogen) atoms. The van der Waals surface area contributed by atoms with E-state index in [1.807, 2.05) is 17.6 Å². The summed E-state index contributed by atoms with van der Waals surface area (Å²) in [5.74, 6) is 0.601. The molecule has 0 saturated carbocycles. The van der Waals surface area contributed by atoms with Crippen molar-refractivity contribution in [1.82, 2.24) is 15.0 Å². The monoisotopic (exact) mass is 315 g/mol. The molecule has 0 fully saturated rings. The molecule has 0 amide bonds. The first-order valence-corrected chi connectivity index (χ1v) is 8.02. The molecule has 3 heterocycles. The van der Waals surface area contributed by atoms with Gasteiger partial charge in [-0.25, -0.2) is 9.37 Å². The van der Waals surface area contributed by atoms with Gasteiger partial charge in [0.2, 0.25) is 0 Å². The molecular weight excluding hydrogens is 301 g/mol. The third kappa shape index (κ3) is 2.44. The molecule has 0 radical (unpaired) electrons. The van der Waals surface area contributed by atoms with Crippen LogP contribution >= 0.6 is 11.3 Å². The number of benzene rings is 1. The molecule has 0 spiro atoms. The third-order valence-electron chi connectivity index (χ3n) is 3.88. The Kier molecular flexibility index (Phi) is 3.48. The summed E-state index contributed by atoms with van der Waals surface area (Å²) in [5, 5.41) is 7.18. The maximum atomic E-state index is 14.0. The van der Waals surface area contributed by atoms with Crippen LogP contribution in [0.15, 0.2) is 40.4 Å². The average molecular weight is 315 g/mol. The SMILES string of the molecule is Fc1ccccc1-c1noc2c1CN(Cc1nccs1)CC2. The molecule has 3 aromatic rings. The van der Waals surface area contributed by atoms with Crippen LogP contribution in [0.25, 0.3) is 11.3 Å². The fourth-order valence-corrected chi connectivity index (χ4v) is 3.44. The second-order valence-electron chi connectivity index (χ2n) is 5.30. The molecule has 4 rings (SSSR count). The number of nitrogens with zero attached hydrogens (tertiary/aromatic N) is 3. The summed E-state index contributed by atoms with van der Waals surface area (Å²) in [5.41, 5.74) is 2.12. The first-order chi connectivity index (χ1) is 10.8. The molecule has 1 aromatic carbocycles. The standard InChI is InChI=1S/C16H14FN3OS/c17-13-4-2-1-3-11(13)16-12-9-20(7-5-14(12)21-19-16)10-15-18-6-8-22-15/h1-4,6,8H,5,7,9-10H2. The van der Waals surface area contributed by atoms with Crippen LogP contribution in [-0.2, 0) is 19.5 Å². The maximum Gasteiger partial charge on any atom is 0.143 e. The van der Waals surface area contributed by atoms with Crippen molar-refractivity contribution in [2.75, 3.05) is 6.54 Å². The molecule has 2 aromatic heterocycles. The van der Waals surface area contributed by atoms with Crippen LogP contribution in [0, 0.1) is 5.82 Å². The molecule has 0 bridgehead atoms. The fraction of sp³-hybridized carbons (Fsp3) is 0.250. The van der Waals surface area contributed by atoms with Gasteiger partial charge in [0.25, 0.3) is 0 Å². The van der Waals surface area contributed by atoms with Gasteiger partial charge in [-0.1, -0.05) is 17.3 Å². The van der Waals surface area contributed by atoms with E-state index in [4.69, 9.17) is 4.52 Å². The number of hydrogen-bond donors (Lipinski definition) is 0. The smallest absolute Gasteiger partial charge is 0.143 e. The van der Waals surface area contributed by atoms with E-state index in [1.165, 1.54) is 6.07 Å². The van der Waals surface area contributed by atoms with Crippen molar-refractivity contribution in [3.8, 4) is 11.3 Å². The molecule has 0 saturated heterocycles. The Bertz CT molecular complexity index is 785. The van der Waals surface area contributed by atoms with E-state index in [2.05, 4.69) is 15.0 Å². The third-order valence-corrected chi connectivity index (χ3v) is 4.64. The van der Waals surface area contributed by atoms with Crippen LogP contribution in [-0.4, -0.2) is 21.6 Å². The van der Waals surface area contributed by atoms with Crippen molar-refractivity contribution in [2.24, 2.45) is 0 Å². The van der Waals surface area contributed by atoms with E-state index in [-0.39, 0.29) is 5.82 Å². The minimum Gasteiger partial charge on any atom is -0.360 e. The lowest BCUT2D eigenvalue weighted by molar-refractivity contribution is 0.228. The molecule has 4 nitrogen and oxygen atoms in total. The molecule has 0 N–H and O–H groups in total. The topological polar surface area (TPSA) is 42.2 Å². The van der Waals surface area contributed by atoms with Crippen molar-refractivity contribution in [1.29, 1.82) is 0 Å². The van der Waals surface area contributed by atoms with Gasteiger partial charge in [0.05, 0.1) is 6.54 Å². The van der Waals surface area contributed by atoms with E-state index in [9.17, 15) is 4.39 Å². The summed E-state index contributed by atoms with van der Waals surface area (Å²) in [6.45, 7) is 2.42. The van der Waals surface area contributed by atoms with Crippen LogP contribution in [0.1, 0.15) is 16.3 Å². The average Bonchev–Trinajstić information content (AvgIpc) is 3.17. The highest BCUT2D eigenvalue weighted by Crippen LogP contribution is 2.31. The van der Waals surface area contributed by atoms with Crippen molar-refractivity contribution >= 4 is 11.3 Å². The summed E-state index contributed by atoms with van der Waals surface area (Å²) in [4.78, 5) is 6.62. The minimum absolute atomic E-state index is 0.268. The van der Waals surface area contributed by atoms with Gasteiger partial charge in [0.1, 0.15) is 22.3 Å². The first-order valence-electron chi connectivity index (χ1n) is 7.14. The van der Waals surface area contributed by atoms with Crippen molar-refractivity contribution in [3.63, 3.8) is 0 Å². The summed E-state index contributed by atoms with van der Waals surface area (Å²) >= 11 is 1.65. The van der Waals surface area contributed by atoms with Crippen LogP contribution in [0.4, 0.5) is 4.39 Å². The number of rotatable bonds is 3. The normalized spacial score (nSPS) is 15.0.